The van der Waals surface area contributed by atoms with E-state index < -0.39 is 0 Å². The van der Waals surface area contributed by atoms with Crippen LogP contribution in [0.2, 0.25) is 0 Å². The van der Waals surface area contributed by atoms with Crippen molar-refractivity contribution in [1.82, 2.24) is 10.3 Å². The van der Waals surface area contributed by atoms with E-state index in [1.165, 1.54) is 11.3 Å². The van der Waals surface area contributed by atoms with E-state index in [4.69, 9.17) is 4.74 Å². The largest absolute Gasteiger partial charge is 0.481 e. The molecule has 0 aliphatic heterocycles. The zero-order valence-corrected chi connectivity index (χ0v) is 15.4. The third kappa shape index (κ3) is 5.29. The Hall–Kier alpha value is -3.39. The Bertz CT molecular complexity index is 927. The number of aromatic nitrogens is 1. The summed E-state index contributed by atoms with van der Waals surface area (Å²) in [6, 6.07) is 15.7. The number of nitrogens with zero attached hydrogens (tertiary/aromatic N) is 1. The van der Waals surface area contributed by atoms with Crippen LogP contribution in [-0.4, -0.2) is 24.0 Å². The maximum atomic E-state index is 12.3. The van der Waals surface area contributed by atoms with Gasteiger partial charge in [0.15, 0.2) is 0 Å². The quantitative estimate of drug-likeness (QED) is 0.606. The summed E-state index contributed by atoms with van der Waals surface area (Å²) in [5, 5.41) is 8.86. The van der Waals surface area contributed by atoms with Crippen molar-refractivity contribution in [1.29, 1.82) is 0 Å². The van der Waals surface area contributed by atoms with Crippen molar-refractivity contribution in [3.8, 4) is 5.88 Å². The van der Waals surface area contributed by atoms with Crippen LogP contribution in [0.1, 0.15) is 15.2 Å². The lowest BCUT2D eigenvalue weighted by molar-refractivity contribution is 0.0955. The number of urea groups is 1. The number of thiophene rings is 1. The SMILES string of the molecule is COc1cc(CNC(=O)c2ccc(NC(=O)Nc3ccccc3)s2)ccn1. The molecule has 2 aromatic heterocycles. The Balaban J connectivity index is 1.53. The predicted octanol–water partition coefficient (Wildman–Crippen LogP) is 3.73. The lowest BCUT2D eigenvalue weighted by Crippen LogP contribution is -2.21. The second-order valence-electron chi connectivity index (χ2n) is 5.50. The first-order valence-electron chi connectivity index (χ1n) is 8.14. The highest BCUT2D eigenvalue weighted by Crippen LogP contribution is 2.22. The minimum Gasteiger partial charge on any atom is -0.481 e. The van der Waals surface area contributed by atoms with E-state index in [0.29, 0.717) is 28.0 Å². The molecule has 0 saturated carbocycles. The highest BCUT2D eigenvalue weighted by molar-refractivity contribution is 7.18. The van der Waals surface area contributed by atoms with Crippen LogP contribution in [0.3, 0.4) is 0 Å². The molecule has 3 rings (SSSR count). The van der Waals surface area contributed by atoms with Gasteiger partial charge in [0.25, 0.3) is 5.91 Å². The maximum Gasteiger partial charge on any atom is 0.324 e. The maximum absolute atomic E-state index is 12.3. The molecule has 0 unspecified atom stereocenters. The monoisotopic (exact) mass is 382 g/mol. The molecule has 1 aromatic carbocycles. The molecule has 0 radical (unpaired) electrons. The minimum absolute atomic E-state index is 0.215. The third-order valence-corrected chi connectivity index (χ3v) is 4.56. The van der Waals surface area contributed by atoms with Crippen molar-refractivity contribution in [3.63, 3.8) is 0 Å². The molecular weight excluding hydrogens is 364 g/mol. The molecule has 2 heterocycles. The number of para-hydroxylation sites is 1. The summed E-state index contributed by atoms with van der Waals surface area (Å²) in [5.74, 6) is 0.279. The lowest BCUT2D eigenvalue weighted by atomic mass is 10.2. The van der Waals surface area contributed by atoms with Gasteiger partial charge in [0.05, 0.1) is 17.0 Å². The molecule has 0 bridgehead atoms. The number of nitrogens with one attached hydrogen (secondary N) is 3. The van der Waals surface area contributed by atoms with Crippen LogP contribution in [0.4, 0.5) is 15.5 Å². The average molecular weight is 382 g/mol. The summed E-state index contributed by atoms with van der Waals surface area (Å²) in [6.45, 7) is 0.354. The Morgan fingerprint density at radius 3 is 2.67 bits per heavy atom. The van der Waals surface area contributed by atoms with Gasteiger partial charge in [-0.2, -0.15) is 0 Å². The first-order chi connectivity index (χ1) is 13.1. The molecule has 3 amide bonds. The smallest absolute Gasteiger partial charge is 0.324 e. The highest BCUT2D eigenvalue weighted by atomic mass is 32.1. The summed E-state index contributed by atoms with van der Waals surface area (Å²) in [7, 11) is 1.54. The van der Waals surface area contributed by atoms with E-state index in [1.807, 2.05) is 18.2 Å². The van der Waals surface area contributed by atoms with E-state index >= 15 is 0 Å². The average Bonchev–Trinajstić information content (AvgIpc) is 3.15. The second kappa shape index (κ2) is 8.81. The summed E-state index contributed by atoms with van der Waals surface area (Å²) in [5.41, 5.74) is 1.57. The molecule has 0 spiro atoms. The first kappa shape index (κ1) is 18.4. The van der Waals surface area contributed by atoms with Crippen LogP contribution in [0, 0.1) is 0 Å². The van der Waals surface area contributed by atoms with E-state index in [0.717, 1.165) is 5.56 Å². The van der Waals surface area contributed by atoms with E-state index in [-0.39, 0.29) is 11.9 Å². The highest BCUT2D eigenvalue weighted by Gasteiger charge is 2.11. The number of carbonyl (C=O) groups excluding carboxylic acids is 2. The van der Waals surface area contributed by atoms with Crippen LogP contribution in [0.15, 0.2) is 60.8 Å². The molecule has 7 nitrogen and oxygen atoms in total. The van der Waals surface area contributed by atoms with Crippen molar-refractivity contribution < 1.29 is 14.3 Å². The fourth-order valence-corrected chi connectivity index (χ4v) is 3.08. The van der Waals surface area contributed by atoms with Crippen molar-refractivity contribution in [3.05, 3.63) is 71.2 Å². The molecule has 0 fully saturated rings. The lowest BCUT2D eigenvalue weighted by Gasteiger charge is -2.06. The fraction of sp³-hybridized carbons (Fsp3) is 0.105. The number of carbonyl (C=O) groups is 2. The molecule has 138 valence electrons. The van der Waals surface area contributed by atoms with Crippen LogP contribution >= 0.6 is 11.3 Å². The molecule has 0 saturated heterocycles. The molecule has 27 heavy (non-hydrogen) atoms. The minimum atomic E-state index is -0.362. The van der Waals surface area contributed by atoms with Crippen LogP contribution in [0.25, 0.3) is 0 Å². The predicted molar refractivity (Wildman–Crippen MR) is 105 cm³/mol. The van der Waals surface area contributed by atoms with E-state index in [2.05, 4.69) is 20.9 Å². The second-order valence-corrected chi connectivity index (χ2v) is 6.58. The van der Waals surface area contributed by atoms with Gasteiger partial charge in [0.2, 0.25) is 5.88 Å². The van der Waals surface area contributed by atoms with Crippen LogP contribution in [-0.2, 0) is 6.54 Å². The first-order valence-corrected chi connectivity index (χ1v) is 8.96. The van der Waals surface area contributed by atoms with Gasteiger partial charge in [-0.3, -0.25) is 10.1 Å². The molecule has 0 aliphatic rings. The Labute approximate surface area is 160 Å². The molecule has 0 aliphatic carbocycles. The number of benzene rings is 1. The van der Waals surface area contributed by atoms with Crippen LogP contribution in [0.5, 0.6) is 5.88 Å². The normalized spacial score (nSPS) is 10.1. The Morgan fingerprint density at radius 1 is 1.07 bits per heavy atom. The summed E-state index contributed by atoms with van der Waals surface area (Å²) in [4.78, 5) is 28.8. The number of amides is 3. The summed E-state index contributed by atoms with van der Waals surface area (Å²) < 4.78 is 5.06. The van der Waals surface area contributed by atoms with Crippen molar-refractivity contribution in [2.75, 3.05) is 17.7 Å². The fourth-order valence-electron chi connectivity index (χ4n) is 2.26. The Kier molecular flexibility index (Phi) is 6.01. The zero-order chi connectivity index (χ0) is 19.1. The van der Waals surface area contributed by atoms with Gasteiger partial charge in [-0.15, -0.1) is 11.3 Å². The van der Waals surface area contributed by atoms with Gasteiger partial charge >= 0.3 is 6.03 Å². The number of methoxy groups -OCH3 is 1. The van der Waals surface area contributed by atoms with Crippen molar-refractivity contribution in [2.24, 2.45) is 0 Å². The number of anilines is 2. The molecule has 3 N–H and O–H groups in total. The molecule has 0 atom stereocenters. The van der Waals surface area contributed by atoms with E-state index in [9.17, 15) is 9.59 Å². The standard InChI is InChI=1S/C19H18N4O3S/c1-26-16-11-13(9-10-20-16)12-21-18(24)15-7-8-17(27-15)23-19(25)22-14-5-3-2-4-6-14/h2-11H,12H2,1H3,(H,21,24)(H2,22,23,25). The van der Waals surface area contributed by atoms with Crippen molar-refractivity contribution in [2.45, 2.75) is 6.54 Å². The molecule has 3 aromatic rings. The molecular formula is C19H18N4O3S. The summed E-state index contributed by atoms with van der Waals surface area (Å²) >= 11 is 1.20. The molecule has 8 heteroatoms. The number of rotatable bonds is 6. The summed E-state index contributed by atoms with van der Waals surface area (Å²) in [6.07, 6.45) is 1.62. The van der Waals surface area contributed by atoms with Crippen LogP contribution < -0.4 is 20.7 Å². The number of pyridine rings is 1. The van der Waals surface area contributed by atoms with Gasteiger partial charge in [-0.05, 0) is 35.9 Å². The van der Waals surface area contributed by atoms with Gasteiger partial charge < -0.3 is 15.4 Å². The number of hydrogen-bond acceptors (Lipinski definition) is 5. The Morgan fingerprint density at radius 2 is 1.89 bits per heavy atom. The zero-order valence-electron chi connectivity index (χ0n) is 14.6. The van der Waals surface area contributed by atoms with Crippen molar-refractivity contribution >= 4 is 34.0 Å². The van der Waals surface area contributed by atoms with Gasteiger partial charge in [-0.25, -0.2) is 9.78 Å². The van der Waals surface area contributed by atoms with Gasteiger partial charge in [0, 0.05) is 24.5 Å². The third-order valence-electron chi connectivity index (χ3n) is 3.56. The topological polar surface area (TPSA) is 92.4 Å². The number of ether oxygens (including phenoxy) is 1. The van der Waals surface area contributed by atoms with E-state index in [1.54, 1.807) is 49.7 Å². The van der Waals surface area contributed by atoms with Gasteiger partial charge in [0.1, 0.15) is 0 Å². The van der Waals surface area contributed by atoms with Gasteiger partial charge in [-0.1, -0.05) is 18.2 Å². The number of hydrogen-bond donors (Lipinski definition) is 3.